The van der Waals surface area contributed by atoms with E-state index < -0.39 is 0 Å². The first-order valence-corrected chi connectivity index (χ1v) is 11.4. The Bertz CT molecular complexity index is 1030. The molecule has 1 saturated heterocycles. The van der Waals surface area contributed by atoms with Crippen molar-refractivity contribution in [3.05, 3.63) is 68.4 Å². The van der Waals surface area contributed by atoms with E-state index in [-0.39, 0.29) is 11.2 Å². The third-order valence-corrected chi connectivity index (χ3v) is 6.82. The van der Waals surface area contributed by atoms with Crippen molar-refractivity contribution in [2.75, 3.05) is 18.8 Å². The lowest BCUT2D eigenvalue weighted by Crippen LogP contribution is -2.38. The second-order valence-electron chi connectivity index (χ2n) is 7.78. The first kappa shape index (κ1) is 21.3. The Hall–Kier alpha value is -1.90. The fraction of sp³-hybridized carbons (Fsp3) is 0.318. The molecule has 2 aromatic carbocycles. The summed E-state index contributed by atoms with van der Waals surface area (Å²) in [6.45, 7) is 4.41. The van der Waals surface area contributed by atoms with Gasteiger partial charge in [0.05, 0.1) is 11.3 Å². The lowest BCUT2D eigenvalue weighted by molar-refractivity contribution is 0.269. The maximum atomic E-state index is 13.8. The van der Waals surface area contributed by atoms with Crippen LogP contribution in [0.3, 0.4) is 0 Å². The summed E-state index contributed by atoms with van der Waals surface area (Å²) in [4.78, 5) is 0. The number of halogens is 3. The quantitative estimate of drug-likeness (QED) is 0.461. The van der Waals surface area contributed by atoms with Gasteiger partial charge >= 0.3 is 0 Å². The molecule has 0 atom stereocenters. The Morgan fingerprint density at radius 1 is 1.17 bits per heavy atom. The van der Waals surface area contributed by atoms with E-state index in [1.807, 2.05) is 30.3 Å². The fourth-order valence-corrected chi connectivity index (χ4v) is 5.41. The van der Waals surface area contributed by atoms with Gasteiger partial charge in [-0.1, -0.05) is 37.3 Å². The normalized spacial score (nSPS) is 15.9. The number of piperidine rings is 1. The van der Waals surface area contributed by atoms with E-state index in [0.29, 0.717) is 32.9 Å². The molecule has 3 N–H and O–H groups in total. The van der Waals surface area contributed by atoms with Crippen LogP contribution in [0.4, 0.5) is 10.2 Å². The average molecular weight is 538 g/mol. The van der Waals surface area contributed by atoms with Crippen molar-refractivity contribution in [3.8, 4) is 11.6 Å². The molecule has 0 amide bonds. The molecule has 1 aliphatic rings. The van der Waals surface area contributed by atoms with Gasteiger partial charge in [0.1, 0.15) is 18.2 Å². The molecule has 0 unspecified atom stereocenters. The third-order valence-electron chi connectivity index (χ3n) is 5.61. The second-order valence-corrected chi connectivity index (χ2v) is 9.49. The van der Waals surface area contributed by atoms with E-state index in [4.69, 9.17) is 15.6 Å². The van der Waals surface area contributed by atoms with Crippen LogP contribution in [0.2, 0.25) is 0 Å². The van der Waals surface area contributed by atoms with Crippen LogP contribution < -0.4 is 15.8 Å². The van der Waals surface area contributed by atoms with Gasteiger partial charge in [-0.3, -0.25) is 0 Å². The Balaban J connectivity index is 1.81. The molecule has 3 aromatic rings. The van der Waals surface area contributed by atoms with Crippen molar-refractivity contribution in [1.29, 1.82) is 0 Å². The number of benzene rings is 2. The molecule has 0 aliphatic carbocycles. The van der Waals surface area contributed by atoms with Crippen LogP contribution in [0.5, 0.6) is 5.88 Å². The first-order chi connectivity index (χ1) is 14.4. The Labute approximate surface area is 192 Å². The van der Waals surface area contributed by atoms with Crippen LogP contribution in [0.25, 0.3) is 5.69 Å². The van der Waals surface area contributed by atoms with E-state index in [9.17, 15) is 4.39 Å². The summed E-state index contributed by atoms with van der Waals surface area (Å²) in [7, 11) is 0. The standard InChI is InChI=1S/C22H23Br2FN4O/c1-22(7-9-27-10-8-22)18-20(26)29(19-16(23)11-15(25)12-17(19)24)28-21(18)30-13-14-5-3-2-4-6-14/h2-6,11-12,27H,7-10,13,26H2,1H3. The number of aromatic nitrogens is 2. The van der Waals surface area contributed by atoms with Crippen LogP contribution in [-0.2, 0) is 12.0 Å². The summed E-state index contributed by atoms with van der Waals surface area (Å²) in [6.07, 6.45) is 1.85. The number of hydrogen-bond donors (Lipinski definition) is 2. The molecule has 0 radical (unpaired) electrons. The van der Waals surface area contributed by atoms with Crippen LogP contribution in [0.15, 0.2) is 51.4 Å². The topological polar surface area (TPSA) is 65.1 Å². The number of nitrogens with zero attached hydrogens (tertiary/aromatic N) is 2. The highest BCUT2D eigenvalue weighted by Gasteiger charge is 2.37. The number of rotatable bonds is 5. The second kappa shape index (κ2) is 8.69. The molecule has 5 nitrogen and oxygen atoms in total. The van der Waals surface area contributed by atoms with E-state index >= 15 is 0 Å². The number of ether oxygens (including phenoxy) is 1. The van der Waals surface area contributed by atoms with Crippen LogP contribution >= 0.6 is 31.9 Å². The van der Waals surface area contributed by atoms with Crippen molar-refractivity contribution in [3.63, 3.8) is 0 Å². The number of nitrogens with two attached hydrogens (primary N) is 1. The predicted molar refractivity (Wildman–Crippen MR) is 124 cm³/mol. The van der Waals surface area contributed by atoms with E-state index in [0.717, 1.165) is 37.1 Å². The summed E-state index contributed by atoms with van der Waals surface area (Å²) in [6, 6.07) is 12.8. The van der Waals surface area contributed by atoms with Gasteiger partial charge in [0.2, 0.25) is 5.88 Å². The Morgan fingerprint density at radius 3 is 2.43 bits per heavy atom. The van der Waals surface area contributed by atoms with Crippen molar-refractivity contribution >= 4 is 37.7 Å². The van der Waals surface area contributed by atoms with Crippen LogP contribution in [0.1, 0.15) is 30.9 Å². The van der Waals surface area contributed by atoms with Gasteiger partial charge in [-0.25, -0.2) is 9.07 Å². The molecule has 158 valence electrons. The van der Waals surface area contributed by atoms with E-state index in [1.54, 1.807) is 4.68 Å². The van der Waals surface area contributed by atoms with Crippen LogP contribution in [0, 0.1) is 5.82 Å². The number of nitrogen functional groups attached to an aromatic ring is 1. The first-order valence-electron chi connectivity index (χ1n) is 9.80. The molecule has 8 heteroatoms. The lowest BCUT2D eigenvalue weighted by atomic mass is 9.75. The van der Waals surface area contributed by atoms with Crippen molar-refractivity contribution in [1.82, 2.24) is 15.1 Å². The lowest BCUT2D eigenvalue weighted by Gasteiger charge is -2.34. The maximum Gasteiger partial charge on any atom is 0.239 e. The zero-order chi connectivity index (χ0) is 21.3. The molecular weight excluding hydrogens is 515 g/mol. The molecule has 0 spiro atoms. The highest BCUT2D eigenvalue weighted by atomic mass is 79.9. The van der Waals surface area contributed by atoms with E-state index in [2.05, 4.69) is 44.1 Å². The average Bonchev–Trinajstić information content (AvgIpc) is 3.04. The summed E-state index contributed by atoms with van der Waals surface area (Å²) in [5, 5.41) is 8.14. The maximum absolute atomic E-state index is 13.8. The smallest absolute Gasteiger partial charge is 0.239 e. The van der Waals surface area contributed by atoms with Gasteiger partial charge in [0, 0.05) is 14.4 Å². The highest BCUT2D eigenvalue weighted by molar-refractivity contribution is 9.11. The molecule has 4 rings (SSSR count). The van der Waals surface area contributed by atoms with Crippen molar-refractivity contribution < 1.29 is 9.13 Å². The van der Waals surface area contributed by atoms with Crippen LogP contribution in [-0.4, -0.2) is 22.9 Å². The van der Waals surface area contributed by atoms with Gasteiger partial charge < -0.3 is 15.8 Å². The molecule has 1 aliphatic heterocycles. The number of anilines is 1. The molecule has 1 fully saturated rings. The molecule has 2 heterocycles. The molecular formula is C22H23Br2FN4O. The zero-order valence-corrected chi connectivity index (χ0v) is 19.8. The number of hydrogen-bond acceptors (Lipinski definition) is 4. The van der Waals surface area contributed by atoms with Gasteiger partial charge in [-0.15, -0.1) is 5.10 Å². The SMILES string of the molecule is CC1(c2c(OCc3ccccc3)nn(-c3c(Br)cc(F)cc3Br)c2N)CCNCC1. The van der Waals surface area contributed by atoms with Gasteiger partial charge in [-0.05, 0) is 75.5 Å². The van der Waals surface area contributed by atoms with Crippen molar-refractivity contribution in [2.24, 2.45) is 0 Å². The summed E-state index contributed by atoms with van der Waals surface area (Å²) < 4.78 is 22.8. The molecule has 1 aromatic heterocycles. The van der Waals surface area contributed by atoms with Gasteiger partial charge in [-0.2, -0.15) is 0 Å². The predicted octanol–water partition coefficient (Wildman–Crippen LogP) is 5.34. The summed E-state index contributed by atoms with van der Waals surface area (Å²) >= 11 is 6.90. The highest BCUT2D eigenvalue weighted by Crippen LogP contribution is 2.44. The minimum absolute atomic E-state index is 0.168. The molecule has 30 heavy (non-hydrogen) atoms. The number of nitrogens with one attached hydrogen (secondary N) is 1. The summed E-state index contributed by atoms with van der Waals surface area (Å²) in [5.74, 6) is 0.675. The minimum atomic E-state index is -0.352. The third kappa shape index (κ3) is 4.13. The van der Waals surface area contributed by atoms with E-state index in [1.165, 1.54) is 12.1 Å². The fourth-order valence-electron chi connectivity index (χ4n) is 3.94. The zero-order valence-electron chi connectivity index (χ0n) is 16.6. The van der Waals surface area contributed by atoms with Crippen molar-refractivity contribution in [2.45, 2.75) is 31.8 Å². The molecule has 0 saturated carbocycles. The van der Waals surface area contributed by atoms with Gasteiger partial charge in [0.25, 0.3) is 0 Å². The minimum Gasteiger partial charge on any atom is -0.471 e. The largest absolute Gasteiger partial charge is 0.471 e. The molecule has 0 bridgehead atoms. The Morgan fingerprint density at radius 2 is 1.80 bits per heavy atom. The Kier molecular flexibility index (Phi) is 6.18. The summed E-state index contributed by atoms with van der Waals surface area (Å²) in [5.41, 5.74) is 9.09. The monoisotopic (exact) mass is 536 g/mol. The van der Waals surface area contributed by atoms with Gasteiger partial charge in [0.15, 0.2) is 0 Å².